The summed E-state index contributed by atoms with van der Waals surface area (Å²) in [5.41, 5.74) is 3.08. The first-order valence-corrected chi connectivity index (χ1v) is 9.53. The number of amides is 1. The predicted octanol–water partition coefficient (Wildman–Crippen LogP) is 4.21. The molecular weight excluding hydrogens is 356 g/mol. The average molecular weight is 384 g/mol. The van der Waals surface area contributed by atoms with E-state index in [1.165, 1.54) is 6.08 Å². The molecule has 0 bridgehead atoms. The van der Waals surface area contributed by atoms with E-state index in [-0.39, 0.29) is 12.1 Å². The second-order valence-electron chi connectivity index (χ2n) is 7.75. The number of hydrogen-bond donors (Lipinski definition) is 0. The average Bonchev–Trinajstić information content (AvgIpc) is 2.61. The summed E-state index contributed by atoms with van der Waals surface area (Å²) in [5.74, 6) is -0.404. The number of nitrogens with zero attached hydrogens (tertiary/aromatic N) is 2. The highest BCUT2D eigenvalue weighted by molar-refractivity contribution is 5.81. The van der Waals surface area contributed by atoms with Crippen molar-refractivity contribution in [3.8, 4) is 6.07 Å². The molecule has 1 aromatic carbocycles. The minimum Gasteiger partial charge on any atom is -0.463 e. The fourth-order valence-corrected chi connectivity index (χ4v) is 3.38. The molecule has 1 heterocycles. The molecule has 0 saturated heterocycles. The SMILES string of the molecule is CCOC(=O)C=CCC1c2ccc(C#N)c(C)c2CCN1C(=O)OC(C)(C)C. The van der Waals surface area contributed by atoms with Crippen LogP contribution < -0.4 is 0 Å². The molecule has 1 amide bonds. The lowest BCUT2D eigenvalue weighted by atomic mass is 9.86. The molecule has 0 aliphatic carbocycles. The van der Waals surface area contributed by atoms with Crippen LogP contribution in [-0.4, -0.2) is 35.7 Å². The molecule has 0 radical (unpaired) electrons. The lowest BCUT2D eigenvalue weighted by Gasteiger charge is -2.38. The van der Waals surface area contributed by atoms with E-state index in [9.17, 15) is 14.9 Å². The first-order valence-electron chi connectivity index (χ1n) is 9.53. The van der Waals surface area contributed by atoms with Crippen molar-refractivity contribution in [3.05, 3.63) is 46.5 Å². The van der Waals surface area contributed by atoms with E-state index in [0.29, 0.717) is 31.6 Å². The van der Waals surface area contributed by atoms with Gasteiger partial charge in [0.25, 0.3) is 0 Å². The monoisotopic (exact) mass is 384 g/mol. The van der Waals surface area contributed by atoms with Gasteiger partial charge < -0.3 is 14.4 Å². The fraction of sp³-hybridized carbons (Fsp3) is 0.500. The van der Waals surface area contributed by atoms with Crippen LogP contribution in [0.1, 0.15) is 62.4 Å². The number of nitriles is 1. The topological polar surface area (TPSA) is 79.6 Å². The number of carbonyl (C=O) groups excluding carboxylic acids is 2. The van der Waals surface area contributed by atoms with Crippen LogP contribution in [0.4, 0.5) is 4.79 Å². The molecule has 150 valence electrons. The van der Waals surface area contributed by atoms with Crippen LogP contribution in [0.3, 0.4) is 0 Å². The van der Waals surface area contributed by atoms with Gasteiger partial charge in [0.15, 0.2) is 0 Å². The van der Waals surface area contributed by atoms with Gasteiger partial charge in [-0.05, 0) is 70.2 Å². The molecular formula is C22H28N2O4. The lowest BCUT2D eigenvalue weighted by Crippen LogP contribution is -2.43. The van der Waals surface area contributed by atoms with E-state index in [2.05, 4.69) is 6.07 Å². The van der Waals surface area contributed by atoms with E-state index >= 15 is 0 Å². The molecule has 1 aromatic rings. The second-order valence-corrected chi connectivity index (χ2v) is 7.75. The maximum atomic E-state index is 12.8. The first kappa shape index (κ1) is 21.5. The summed E-state index contributed by atoms with van der Waals surface area (Å²) in [6.07, 6.45) is 3.85. The number of esters is 1. The molecule has 1 atom stereocenters. The molecule has 0 N–H and O–H groups in total. The normalized spacial score (nSPS) is 16.4. The Morgan fingerprint density at radius 2 is 2.07 bits per heavy atom. The van der Waals surface area contributed by atoms with Crippen LogP contribution in [0.25, 0.3) is 0 Å². The quantitative estimate of drug-likeness (QED) is 0.574. The van der Waals surface area contributed by atoms with Crippen molar-refractivity contribution >= 4 is 12.1 Å². The molecule has 0 saturated carbocycles. The van der Waals surface area contributed by atoms with Crippen molar-refractivity contribution < 1.29 is 19.1 Å². The number of fused-ring (bicyclic) bond motifs is 1. The highest BCUT2D eigenvalue weighted by atomic mass is 16.6. The number of carbonyl (C=O) groups is 2. The molecule has 1 unspecified atom stereocenters. The Bertz CT molecular complexity index is 815. The standard InChI is InChI=1S/C22H28N2O4/c1-6-27-20(25)9-7-8-19-18-11-10-16(14-23)15(2)17(18)12-13-24(19)21(26)28-22(3,4)5/h7,9-11,19H,6,8,12-13H2,1-5H3. The van der Waals surface area contributed by atoms with Crippen molar-refractivity contribution in [2.45, 2.75) is 59.1 Å². The smallest absolute Gasteiger partial charge is 0.410 e. The van der Waals surface area contributed by atoms with Gasteiger partial charge in [0.1, 0.15) is 5.60 Å². The Morgan fingerprint density at radius 3 is 2.68 bits per heavy atom. The maximum Gasteiger partial charge on any atom is 0.410 e. The van der Waals surface area contributed by atoms with Crippen LogP contribution in [0.2, 0.25) is 0 Å². The van der Waals surface area contributed by atoms with Gasteiger partial charge in [0.2, 0.25) is 0 Å². The van der Waals surface area contributed by atoms with Crippen LogP contribution in [-0.2, 0) is 20.7 Å². The number of hydrogen-bond acceptors (Lipinski definition) is 5. The van der Waals surface area contributed by atoms with E-state index in [0.717, 1.165) is 16.7 Å². The maximum absolute atomic E-state index is 12.8. The van der Waals surface area contributed by atoms with Crippen molar-refractivity contribution in [1.82, 2.24) is 4.90 Å². The van der Waals surface area contributed by atoms with Crippen molar-refractivity contribution in [3.63, 3.8) is 0 Å². The third-order valence-corrected chi connectivity index (χ3v) is 4.62. The molecule has 0 spiro atoms. The summed E-state index contributed by atoms with van der Waals surface area (Å²) in [7, 11) is 0. The highest BCUT2D eigenvalue weighted by Crippen LogP contribution is 2.36. The first-order chi connectivity index (χ1) is 13.2. The number of benzene rings is 1. The molecule has 0 aromatic heterocycles. The Morgan fingerprint density at radius 1 is 1.36 bits per heavy atom. The van der Waals surface area contributed by atoms with Crippen molar-refractivity contribution in [2.75, 3.05) is 13.2 Å². The summed E-state index contributed by atoms with van der Waals surface area (Å²) in [4.78, 5) is 26.1. The summed E-state index contributed by atoms with van der Waals surface area (Å²) in [6.45, 7) is 10.0. The Balaban J connectivity index is 2.36. The third kappa shape index (κ3) is 5.13. The second kappa shape index (κ2) is 8.92. The van der Waals surface area contributed by atoms with Gasteiger partial charge in [0.05, 0.1) is 24.3 Å². The summed E-state index contributed by atoms with van der Waals surface area (Å²) in [6, 6.07) is 5.64. The van der Waals surface area contributed by atoms with Crippen LogP contribution in [0.5, 0.6) is 0 Å². The minimum absolute atomic E-state index is 0.268. The number of ether oxygens (including phenoxy) is 2. The Labute approximate surface area is 166 Å². The predicted molar refractivity (Wildman–Crippen MR) is 106 cm³/mol. The van der Waals surface area contributed by atoms with Gasteiger partial charge in [0, 0.05) is 12.6 Å². The van der Waals surface area contributed by atoms with Gasteiger partial charge in [-0.15, -0.1) is 0 Å². The summed E-state index contributed by atoms with van der Waals surface area (Å²) >= 11 is 0. The molecule has 2 rings (SSSR count). The third-order valence-electron chi connectivity index (χ3n) is 4.62. The van der Waals surface area contributed by atoms with E-state index in [1.807, 2.05) is 33.8 Å². The van der Waals surface area contributed by atoms with E-state index in [4.69, 9.17) is 9.47 Å². The van der Waals surface area contributed by atoms with Gasteiger partial charge in [-0.3, -0.25) is 0 Å². The van der Waals surface area contributed by atoms with E-state index < -0.39 is 11.6 Å². The summed E-state index contributed by atoms with van der Waals surface area (Å²) in [5, 5.41) is 9.31. The lowest BCUT2D eigenvalue weighted by molar-refractivity contribution is -0.137. The number of rotatable bonds is 4. The van der Waals surface area contributed by atoms with Crippen molar-refractivity contribution in [1.29, 1.82) is 5.26 Å². The van der Waals surface area contributed by atoms with Gasteiger partial charge in [-0.2, -0.15) is 5.26 Å². The highest BCUT2D eigenvalue weighted by Gasteiger charge is 2.34. The van der Waals surface area contributed by atoms with Crippen LogP contribution in [0.15, 0.2) is 24.3 Å². The van der Waals surface area contributed by atoms with Crippen molar-refractivity contribution in [2.24, 2.45) is 0 Å². The molecule has 0 fully saturated rings. The summed E-state index contributed by atoms with van der Waals surface area (Å²) < 4.78 is 10.5. The van der Waals surface area contributed by atoms with Crippen LogP contribution >= 0.6 is 0 Å². The zero-order valence-corrected chi connectivity index (χ0v) is 17.2. The molecule has 28 heavy (non-hydrogen) atoms. The van der Waals surface area contributed by atoms with Gasteiger partial charge >= 0.3 is 12.1 Å². The molecule has 1 aliphatic rings. The van der Waals surface area contributed by atoms with Crippen LogP contribution in [0, 0.1) is 18.3 Å². The van der Waals surface area contributed by atoms with Gasteiger partial charge in [-0.25, -0.2) is 9.59 Å². The Kier molecular flexibility index (Phi) is 6.85. The minimum atomic E-state index is -0.594. The van der Waals surface area contributed by atoms with Gasteiger partial charge in [-0.1, -0.05) is 12.1 Å². The zero-order chi connectivity index (χ0) is 20.9. The fourth-order valence-electron chi connectivity index (χ4n) is 3.38. The molecule has 6 heteroatoms. The zero-order valence-electron chi connectivity index (χ0n) is 17.2. The largest absolute Gasteiger partial charge is 0.463 e. The van der Waals surface area contributed by atoms with E-state index in [1.54, 1.807) is 24.0 Å². The Hall–Kier alpha value is -2.81. The molecule has 6 nitrogen and oxygen atoms in total. The molecule has 1 aliphatic heterocycles.